The molecule has 1 rings (SSSR count). The first-order chi connectivity index (χ1) is 8.43. The first kappa shape index (κ1) is 14.7. The highest BCUT2D eigenvalue weighted by atomic mass is 16.1. The van der Waals surface area contributed by atoms with Gasteiger partial charge in [-0.25, -0.2) is 0 Å². The van der Waals surface area contributed by atoms with Crippen molar-refractivity contribution in [2.75, 3.05) is 5.32 Å². The number of carbonyl (C=O) groups is 1. The summed E-state index contributed by atoms with van der Waals surface area (Å²) in [4.78, 5) is 11.9. The molecule has 0 aliphatic heterocycles. The standard InChI is InChI=1S/C15H24N2O/c1-5-6-13(16)9-14(18)17-15-11(3)7-10(2)8-12(15)4/h7-8,13H,5-6,9,16H2,1-4H3,(H,17,18). The summed E-state index contributed by atoms with van der Waals surface area (Å²) < 4.78 is 0. The van der Waals surface area contributed by atoms with Gasteiger partial charge in [-0.05, 0) is 38.3 Å². The SMILES string of the molecule is CCCC(N)CC(=O)Nc1c(C)cc(C)cc1C. The number of amides is 1. The Morgan fingerprint density at radius 2 is 1.83 bits per heavy atom. The number of nitrogens with one attached hydrogen (secondary N) is 1. The van der Waals surface area contributed by atoms with Crippen molar-refractivity contribution in [1.29, 1.82) is 0 Å². The van der Waals surface area contributed by atoms with Gasteiger partial charge in [-0.2, -0.15) is 0 Å². The summed E-state index contributed by atoms with van der Waals surface area (Å²) in [6, 6.07) is 4.12. The summed E-state index contributed by atoms with van der Waals surface area (Å²) in [5, 5.41) is 2.98. The van der Waals surface area contributed by atoms with Crippen LogP contribution in [-0.2, 0) is 4.79 Å². The second-order valence-corrected chi connectivity index (χ2v) is 5.07. The van der Waals surface area contributed by atoms with Crippen LogP contribution < -0.4 is 11.1 Å². The smallest absolute Gasteiger partial charge is 0.225 e. The predicted molar refractivity (Wildman–Crippen MR) is 76.8 cm³/mol. The lowest BCUT2D eigenvalue weighted by molar-refractivity contribution is -0.116. The second-order valence-electron chi connectivity index (χ2n) is 5.07. The summed E-state index contributed by atoms with van der Waals surface area (Å²) >= 11 is 0. The quantitative estimate of drug-likeness (QED) is 0.841. The highest BCUT2D eigenvalue weighted by Gasteiger charge is 2.11. The number of carbonyl (C=O) groups excluding carboxylic acids is 1. The van der Waals surface area contributed by atoms with Crippen LogP contribution in [0.2, 0.25) is 0 Å². The van der Waals surface area contributed by atoms with E-state index in [1.807, 2.05) is 13.8 Å². The summed E-state index contributed by atoms with van der Waals surface area (Å²) in [6.07, 6.45) is 2.29. The number of hydrogen-bond donors (Lipinski definition) is 2. The monoisotopic (exact) mass is 248 g/mol. The molecule has 0 spiro atoms. The Balaban J connectivity index is 2.70. The molecule has 1 atom stereocenters. The number of hydrogen-bond acceptors (Lipinski definition) is 2. The third-order valence-electron chi connectivity index (χ3n) is 3.05. The van der Waals surface area contributed by atoms with Gasteiger partial charge in [-0.15, -0.1) is 0 Å². The number of anilines is 1. The van der Waals surface area contributed by atoms with Crippen LogP contribution in [0.5, 0.6) is 0 Å². The molecule has 1 aromatic carbocycles. The predicted octanol–water partition coefficient (Wildman–Crippen LogP) is 3.07. The van der Waals surface area contributed by atoms with E-state index < -0.39 is 0 Å². The van der Waals surface area contributed by atoms with Gasteiger partial charge in [0, 0.05) is 18.2 Å². The van der Waals surface area contributed by atoms with E-state index in [-0.39, 0.29) is 11.9 Å². The maximum absolute atomic E-state index is 11.9. The van der Waals surface area contributed by atoms with Crippen molar-refractivity contribution in [3.63, 3.8) is 0 Å². The molecule has 1 aromatic rings. The third kappa shape index (κ3) is 4.15. The Bertz CT molecular complexity index is 403. The van der Waals surface area contributed by atoms with Crippen molar-refractivity contribution in [2.24, 2.45) is 5.73 Å². The van der Waals surface area contributed by atoms with Crippen molar-refractivity contribution in [3.05, 3.63) is 28.8 Å². The first-order valence-electron chi connectivity index (χ1n) is 6.57. The molecule has 3 heteroatoms. The molecule has 1 unspecified atom stereocenters. The maximum Gasteiger partial charge on any atom is 0.225 e. The molecule has 0 heterocycles. The number of aryl methyl sites for hydroxylation is 3. The van der Waals surface area contributed by atoms with Gasteiger partial charge in [0.15, 0.2) is 0 Å². The zero-order valence-corrected chi connectivity index (χ0v) is 11.8. The highest BCUT2D eigenvalue weighted by molar-refractivity contribution is 5.92. The number of nitrogens with two attached hydrogens (primary N) is 1. The molecule has 1 amide bonds. The number of rotatable bonds is 5. The molecule has 100 valence electrons. The molecule has 0 fully saturated rings. The fourth-order valence-electron chi connectivity index (χ4n) is 2.28. The average Bonchev–Trinajstić information content (AvgIpc) is 2.23. The molecule has 18 heavy (non-hydrogen) atoms. The van der Waals surface area contributed by atoms with Crippen LogP contribution in [0.25, 0.3) is 0 Å². The van der Waals surface area contributed by atoms with E-state index in [1.54, 1.807) is 0 Å². The fourth-order valence-corrected chi connectivity index (χ4v) is 2.28. The van der Waals surface area contributed by atoms with E-state index in [2.05, 4.69) is 31.3 Å². The molecular weight excluding hydrogens is 224 g/mol. The molecule has 0 saturated carbocycles. The minimum atomic E-state index is -0.0407. The molecule has 0 bridgehead atoms. The van der Waals surface area contributed by atoms with Gasteiger partial charge in [-0.1, -0.05) is 31.0 Å². The Hall–Kier alpha value is -1.35. The first-order valence-corrected chi connectivity index (χ1v) is 6.57. The van der Waals surface area contributed by atoms with E-state index >= 15 is 0 Å². The van der Waals surface area contributed by atoms with Gasteiger partial charge in [0.25, 0.3) is 0 Å². The van der Waals surface area contributed by atoms with Crippen LogP contribution in [0.4, 0.5) is 5.69 Å². The molecular formula is C15H24N2O. The lowest BCUT2D eigenvalue weighted by Gasteiger charge is -2.15. The second kappa shape index (κ2) is 6.55. The van der Waals surface area contributed by atoms with Crippen LogP contribution in [0, 0.1) is 20.8 Å². The molecule has 3 nitrogen and oxygen atoms in total. The summed E-state index contributed by atoms with van der Waals surface area (Å²) in [5.41, 5.74) is 10.2. The largest absolute Gasteiger partial charge is 0.327 e. The van der Waals surface area contributed by atoms with Gasteiger partial charge in [0.2, 0.25) is 5.91 Å². The number of benzene rings is 1. The lowest BCUT2D eigenvalue weighted by Crippen LogP contribution is -2.27. The van der Waals surface area contributed by atoms with E-state index in [0.717, 1.165) is 29.7 Å². The van der Waals surface area contributed by atoms with E-state index in [9.17, 15) is 4.79 Å². The summed E-state index contributed by atoms with van der Waals surface area (Å²) in [5.74, 6) is 0.00556. The van der Waals surface area contributed by atoms with Crippen LogP contribution in [-0.4, -0.2) is 11.9 Å². The van der Waals surface area contributed by atoms with E-state index in [4.69, 9.17) is 5.73 Å². The van der Waals surface area contributed by atoms with Gasteiger partial charge < -0.3 is 11.1 Å². The van der Waals surface area contributed by atoms with E-state index in [0.29, 0.717) is 6.42 Å². The van der Waals surface area contributed by atoms with Gasteiger partial charge in [0.1, 0.15) is 0 Å². The van der Waals surface area contributed by atoms with E-state index in [1.165, 1.54) is 5.56 Å². The molecule has 0 aromatic heterocycles. The van der Waals surface area contributed by atoms with Gasteiger partial charge >= 0.3 is 0 Å². The summed E-state index contributed by atoms with van der Waals surface area (Å²) in [6.45, 7) is 8.16. The lowest BCUT2D eigenvalue weighted by atomic mass is 10.0. The van der Waals surface area contributed by atoms with Crippen LogP contribution in [0.3, 0.4) is 0 Å². The molecule has 0 radical (unpaired) electrons. The van der Waals surface area contributed by atoms with Crippen molar-refractivity contribution in [1.82, 2.24) is 0 Å². The third-order valence-corrected chi connectivity index (χ3v) is 3.05. The Labute approximate surface area is 110 Å². The van der Waals surface area contributed by atoms with Crippen LogP contribution in [0.15, 0.2) is 12.1 Å². The average molecular weight is 248 g/mol. The zero-order valence-electron chi connectivity index (χ0n) is 11.8. The van der Waals surface area contributed by atoms with Crippen molar-refractivity contribution in [3.8, 4) is 0 Å². The van der Waals surface area contributed by atoms with Crippen molar-refractivity contribution in [2.45, 2.75) is 53.0 Å². The maximum atomic E-state index is 11.9. The molecule has 0 aliphatic rings. The minimum absolute atomic E-state index is 0.00556. The fraction of sp³-hybridized carbons (Fsp3) is 0.533. The zero-order chi connectivity index (χ0) is 13.7. The van der Waals surface area contributed by atoms with Gasteiger partial charge in [-0.3, -0.25) is 4.79 Å². The Kier molecular flexibility index (Phi) is 5.35. The van der Waals surface area contributed by atoms with Crippen LogP contribution >= 0.6 is 0 Å². The minimum Gasteiger partial charge on any atom is -0.327 e. The highest BCUT2D eigenvalue weighted by Crippen LogP contribution is 2.22. The Morgan fingerprint density at radius 3 is 2.33 bits per heavy atom. The van der Waals surface area contributed by atoms with Crippen LogP contribution in [0.1, 0.15) is 42.9 Å². The summed E-state index contributed by atoms with van der Waals surface area (Å²) in [7, 11) is 0. The van der Waals surface area contributed by atoms with Gasteiger partial charge in [0.05, 0.1) is 0 Å². The normalized spacial score (nSPS) is 12.3. The van der Waals surface area contributed by atoms with Crippen molar-refractivity contribution < 1.29 is 4.79 Å². The molecule has 0 aliphatic carbocycles. The molecule has 0 saturated heterocycles. The van der Waals surface area contributed by atoms with Crippen molar-refractivity contribution >= 4 is 11.6 Å². The molecule has 3 N–H and O–H groups in total. The Morgan fingerprint density at radius 1 is 1.28 bits per heavy atom. The topological polar surface area (TPSA) is 55.1 Å².